The van der Waals surface area contributed by atoms with Gasteiger partial charge in [0.2, 0.25) is 5.75 Å². The van der Waals surface area contributed by atoms with Gasteiger partial charge in [-0.25, -0.2) is 9.97 Å². The molecule has 0 aliphatic rings. The van der Waals surface area contributed by atoms with Crippen molar-refractivity contribution in [1.82, 2.24) is 19.6 Å². The Kier molecular flexibility index (Phi) is 3.03. The molecule has 0 fully saturated rings. The molecule has 0 spiro atoms. The lowest BCUT2D eigenvalue weighted by Gasteiger charge is -2.08. The Morgan fingerprint density at radius 3 is 3.00 bits per heavy atom. The predicted molar refractivity (Wildman–Crippen MR) is 73.8 cm³/mol. The first kappa shape index (κ1) is 13.1. The fraction of sp³-hybridized carbons (Fsp3) is 0. The molecule has 0 saturated carbocycles. The Labute approximate surface area is 122 Å². The molecule has 0 radical (unpaired) electrons. The van der Waals surface area contributed by atoms with Crippen LogP contribution in [0, 0.1) is 10.1 Å². The van der Waals surface area contributed by atoms with Gasteiger partial charge in [-0.05, 0) is 0 Å². The number of rotatable bonds is 3. The fourth-order valence-corrected chi connectivity index (χ4v) is 1.94. The summed E-state index contributed by atoms with van der Waals surface area (Å²) in [4.78, 5) is 18.0. The molecule has 0 saturated heterocycles. The molecule has 0 unspecified atom stereocenters. The van der Waals surface area contributed by atoms with Gasteiger partial charge in [0, 0.05) is 12.1 Å². The molecular formula is C11H7ClN6O3. The number of fused-ring (bicyclic) bond motifs is 1. The van der Waals surface area contributed by atoms with Crippen molar-refractivity contribution in [2.75, 3.05) is 5.32 Å². The molecule has 3 aromatic heterocycles. The van der Waals surface area contributed by atoms with E-state index < -0.39 is 16.4 Å². The number of pyridine rings is 1. The lowest BCUT2D eigenvalue weighted by atomic mass is 10.3. The minimum atomic E-state index is -0.703. The Bertz CT molecular complexity index is 849. The van der Waals surface area contributed by atoms with Gasteiger partial charge in [-0.2, -0.15) is 9.61 Å². The Morgan fingerprint density at radius 1 is 1.43 bits per heavy atom. The van der Waals surface area contributed by atoms with Gasteiger partial charge in [0.1, 0.15) is 16.8 Å². The summed E-state index contributed by atoms with van der Waals surface area (Å²) in [6, 6.07) is 4.27. The van der Waals surface area contributed by atoms with Crippen LogP contribution in [0.15, 0.2) is 30.6 Å². The van der Waals surface area contributed by atoms with Crippen molar-refractivity contribution >= 4 is 34.6 Å². The van der Waals surface area contributed by atoms with Crippen LogP contribution in [0.2, 0.25) is 5.15 Å². The average Bonchev–Trinajstić information content (AvgIpc) is 2.88. The van der Waals surface area contributed by atoms with Crippen LogP contribution in [-0.2, 0) is 0 Å². The standard InChI is InChI=1S/C11H7ClN6O3/c12-8-4-11(17-10(15-8)1-2-14-17)16-9-3-6(18(20)21)7(19)5-13-9/h1-5,19H,(H,13,16). The van der Waals surface area contributed by atoms with Gasteiger partial charge in [0.05, 0.1) is 23.4 Å². The highest BCUT2D eigenvalue weighted by Crippen LogP contribution is 2.28. The van der Waals surface area contributed by atoms with Crippen LogP contribution < -0.4 is 5.32 Å². The lowest BCUT2D eigenvalue weighted by molar-refractivity contribution is -0.385. The molecule has 0 aromatic carbocycles. The van der Waals surface area contributed by atoms with E-state index in [-0.39, 0.29) is 11.0 Å². The molecule has 10 heteroatoms. The number of halogens is 1. The number of aromatic hydroxyl groups is 1. The summed E-state index contributed by atoms with van der Waals surface area (Å²) in [5.74, 6) is 0.0867. The maximum absolute atomic E-state index is 10.8. The van der Waals surface area contributed by atoms with E-state index in [2.05, 4.69) is 20.4 Å². The molecule has 0 bridgehead atoms. The van der Waals surface area contributed by atoms with Gasteiger partial charge >= 0.3 is 5.69 Å². The molecule has 0 atom stereocenters. The van der Waals surface area contributed by atoms with Crippen LogP contribution >= 0.6 is 11.6 Å². The van der Waals surface area contributed by atoms with Crippen LogP contribution in [0.3, 0.4) is 0 Å². The van der Waals surface area contributed by atoms with Gasteiger partial charge in [-0.1, -0.05) is 11.6 Å². The molecule has 21 heavy (non-hydrogen) atoms. The lowest BCUT2D eigenvalue weighted by Crippen LogP contribution is -2.03. The van der Waals surface area contributed by atoms with E-state index in [1.165, 1.54) is 16.8 Å². The molecule has 106 valence electrons. The number of hydrogen-bond acceptors (Lipinski definition) is 7. The van der Waals surface area contributed by atoms with Crippen molar-refractivity contribution in [2.24, 2.45) is 0 Å². The van der Waals surface area contributed by atoms with Gasteiger partial charge in [-0.3, -0.25) is 10.1 Å². The molecule has 0 amide bonds. The Hall–Kier alpha value is -2.94. The number of aromatic nitrogens is 4. The van der Waals surface area contributed by atoms with Gasteiger partial charge in [-0.15, -0.1) is 0 Å². The van der Waals surface area contributed by atoms with Crippen LogP contribution in [0.25, 0.3) is 5.65 Å². The molecular weight excluding hydrogens is 300 g/mol. The first-order valence-electron chi connectivity index (χ1n) is 5.65. The number of nitrogens with zero attached hydrogens (tertiary/aromatic N) is 5. The van der Waals surface area contributed by atoms with Gasteiger partial charge in [0.15, 0.2) is 5.65 Å². The zero-order valence-corrected chi connectivity index (χ0v) is 11.0. The van der Waals surface area contributed by atoms with E-state index in [0.29, 0.717) is 11.5 Å². The second-order valence-corrected chi connectivity index (χ2v) is 4.39. The van der Waals surface area contributed by atoms with Crippen molar-refractivity contribution in [2.45, 2.75) is 0 Å². The third kappa shape index (κ3) is 2.41. The van der Waals surface area contributed by atoms with Gasteiger partial charge in [0.25, 0.3) is 0 Å². The largest absolute Gasteiger partial charge is 0.501 e. The van der Waals surface area contributed by atoms with Crippen LogP contribution in [0.1, 0.15) is 0 Å². The fourth-order valence-electron chi connectivity index (χ4n) is 1.75. The number of hydrogen-bond donors (Lipinski definition) is 2. The molecule has 3 rings (SSSR count). The van der Waals surface area contributed by atoms with Crippen LogP contribution in [-0.4, -0.2) is 29.6 Å². The normalized spacial score (nSPS) is 10.7. The monoisotopic (exact) mass is 306 g/mol. The zero-order valence-electron chi connectivity index (χ0n) is 10.3. The van der Waals surface area contributed by atoms with E-state index in [4.69, 9.17) is 11.6 Å². The van der Waals surface area contributed by atoms with Crippen molar-refractivity contribution < 1.29 is 10.0 Å². The summed E-state index contributed by atoms with van der Waals surface area (Å²) in [6.45, 7) is 0. The summed E-state index contributed by atoms with van der Waals surface area (Å²) in [5.41, 5.74) is 0.0580. The molecule has 2 N–H and O–H groups in total. The van der Waals surface area contributed by atoms with Crippen LogP contribution in [0.4, 0.5) is 17.3 Å². The summed E-state index contributed by atoms with van der Waals surface area (Å²) in [5, 5.41) is 27.3. The van der Waals surface area contributed by atoms with E-state index in [1.54, 1.807) is 6.07 Å². The second kappa shape index (κ2) is 4.87. The SMILES string of the molecule is O=[N+]([O-])c1cc(Nc2cc(Cl)nc3ccnn23)ncc1O. The number of nitrogens with one attached hydrogen (secondary N) is 1. The summed E-state index contributed by atoms with van der Waals surface area (Å²) in [7, 11) is 0. The first-order chi connectivity index (χ1) is 10.0. The van der Waals surface area contributed by atoms with E-state index in [1.807, 2.05) is 0 Å². The van der Waals surface area contributed by atoms with Crippen molar-refractivity contribution in [3.8, 4) is 5.75 Å². The average molecular weight is 307 g/mol. The molecule has 9 nitrogen and oxygen atoms in total. The van der Waals surface area contributed by atoms with E-state index in [0.717, 1.165) is 12.3 Å². The second-order valence-electron chi connectivity index (χ2n) is 4.01. The van der Waals surface area contributed by atoms with Crippen molar-refractivity contribution in [1.29, 1.82) is 0 Å². The smallest absolute Gasteiger partial charge is 0.316 e. The summed E-state index contributed by atoms with van der Waals surface area (Å²) < 4.78 is 1.46. The van der Waals surface area contributed by atoms with E-state index in [9.17, 15) is 15.2 Å². The highest BCUT2D eigenvalue weighted by Gasteiger charge is 2.15. The van der Waals surface area contributed by atoms with E-state index >= 15 is 0 Å². The maximum Gasteiger partial charge on any atom is 0.316 e. The first-order valence-corrected chi connectivity index (χ1v) is 6.03. The van der Waals surface area contributed by atoms with Crippen LogP contribution in [0.5, 0.6) is 5.75 Å². The molecule has 3 heterocycles. The third-order valence-corrected chi connectivity index (χ3v) is 2.84. The third-order valence-electron chi connectivity index (χ3n) is 2.64. The zero-order chi connectivity index (χ0) is 15.0. The Balaban J connectivity index is 2.04. The topological polar surface area (TPSA) is 118 Å². The number of nitro groups is 1. The van der Waals surface area contributed by atoms with Gasteiger partial charge < -0.3 is 10.4 Å². The molecule has 3 aromatic rings. The Morgan fingerprint density at radius 2 is 2.24 bits per heavy atom. The summed E-state index contributed by atoms with van der Waals surface area (Å²) >= 11 is 5.89. The maximum atomic E-state index is 10.8. The van der Waals surface area contributed by atoms with Crippen molar-refractivity contribution in [3.63, 3.8) is 0 Å². The number of anilines is 2. The molecule has 0 aliphatic heterocycles. The quantitative estimate of drug-likeness (QED) is 0.432. The predicted octanol–water partition coefficient (Wildman–Crippen LogP) is 2.14. The highest BCUT2D eigenvalue weighted by atomic mass is 35.5. The summed E-state index contributed by atoms with van der Waals surface area (Å²) in [6.07, 6.45) is 2.53. The highest BCUT2D eigenvalue weighted by molar-refractivity contribution is 6.29. The molecule has 0 aliphatic carbocycles. The minimum Gasteiger partial charge on any atom is -0.501 e. The minimum absolute atomic E-state index is 0.165. The van der Waals surface area contributed by atoms with Crippen molar-refractivity contribution in [3.05, 3.63) is 45.9 Å².